The lowest BCUT2D eigenvalue weighted by molar-refractivity contribution is 0.573. The van der Waals surface area contributed by atoms with Crippen LogP contribution in [0.25, 0.3) is 0 Å². The third kappa shape index (κ3) is 3.43. The summed E-state index contributed by atoms with van der Waals surface area (Å²) in [5, 5.41) is 7.98. The Balaban J connectivity index is 2.00. The standard InChI is InChI=1S/C14H20BrN5/c1-4-12-14(15)13(20(5-2)19-12)9-16-7-11-8-17-10(3)6-18-11/h6,8,16H,4-5,7,9H2,1-3H3. The topological polar surface area (TPSA) is 55.6 Å². The number of halogens is 1. The van der Waals surface area contributed by atoms with Crippen molar-refractivity contribution in [3.05, 3.63) is 39.6 Å². The largest absolute Gasteiger partial charge is 0.305 e. The molecule has 0 spiro atoms. The van der Waals surface area contributed by atoms with E-state index in [0.717, 1.165) is 41.1 Å². The van der Waals surface area contributed by atoms with Crippen molar-refractivity contribution in [1.29, 1.82) is 0 Å². The van der Waals surface area contributed by atoms with Gasteiger partial charge in [-0.2, -0.15) is 5.10 Å². The molecule has 0 fully saturated rings. The molecule has 0 aliphatic rings. The second-order valence-electron chi connectivity index (χ2n) is 4.63. The quantitative estimate of drug-likeness (QED) is 0.880. The van der Waals surface area contributed by atoms with Gasteiger partial charge in [-0.15, -0.1) is 0 Å². The third-order valence-corrected chi connectivity index (χ3v) is 4.04. The Morgan fingerprint density at radius 3 is 2.60 bits per heavy atom. The van der Waals surface area contributed by atoms with Crippen LogP contribution in [-0.2, 0) is 26.1 Å². The van der Waals surface area contributed by atoms with E-state index in [4.69, 9.17) is 0 Å². The van der Waals surface area contributed by atoms with Gasteiger partial charge in [-0.05, 0) is 36.2 Å². The fourth-order valence-corrected chi connectivity index (χ4v) is 2.71. The molecule has 0 saturated heterocycles. The molecule has 1 N–H and O–H groups in total. The highest BCUT2D eigenvalue weighted by Gasteiger charge is 2.13. The Morgan fingerprint density at radius 2 is 2.00 bits per heavy atom. The molecule has 0 aliphatic carbocycles. The maximum Gasteiger partial charge on any atom is 0.0767 e. The van der Waals surface area contributed by atoms with Gasteiger partial charge in [0.05, 0.1) is 27.2 Å². The molecule has 0 aliphatic heterocycles. The van der Waals surface area contributed by atoms with Crippen LogP contribution in [-0.4, -0.2) is 19.7 Å². The van der Waals surface area contributed by atoms with Crippen LogP contribution in [0.4, 0.5) is 0 Å². The van der Waals surface area contributed by atoms with Gasteiger partial charge < -0.3 is 5.32 Å². The lowest BCUT2D eigenvalue weighted by atomic mass is 10.3. The maximum atomic E-state index is 4.59. The first kappa shape index (κ1) is 15.1. The van der Waals surface area contributed by atoms with Gasteiger partial charge >= 0.3 is 0 Å². The lowest BCUT2D eigenvalue weighted by Gasteiger charge is -2.07. The highest BCUT2D eigenvalue weighted by Crippen LogP contribution is 2.22. The fourth-order valence-electron chi connectivity index (χ4n) is 2.01. The summed E-state index contributed by atoms with van der Waals surface area (Å²) in [7, 11) is 0. The van der Waals surface area contributed by atoms with E-state index in [-0.39, 0.29) is 0 Å². The maximum absolute atomic E-state index is 4.59. The Morgan fingerprint density at radius 1 is 1.20 bits per heavy atom. The van der Waals surface area contributed by atoms with Crippen LogP contribution in [0.1, 0.15) is 36.6 Å². The van der Waals surface area contributed by atoms with E-state index in [1.807, 2.05) is 17.8 Å². The van der Waals surface area contributed by atoms with Gasteiger partial charge in [0, 0.05) is 32.0 Å². The van der Waals surface area contributed by atoms with Gasteiger partial charge in [-0.25, -0.2) is 0 Å². The second-order valence-corrected chi connectivity index (χ2v) is 5.42. The summed E-state index contributed by atoms with van der Waals surface area (Å²) in [6, 6.07) is 0. The SMILES string of the molecule is CCc1nn(CC)c(CNCc2cnc(C)cn2)c1Br. The molecule has 0 saturated carbocycles. The monoisotopic (exact) mass is 337 g/mol. The van der Waals surface area contributed by atoms with Crippen molar-refractivity contribution in [2.45, 2.75) is 46.8 Å². The Kier molecular flexibility index (Phi) is 5.25. The molecule has 0 unspecified atom stereocenters. The first-order valence-corrected chi connectivity index (χ1v) is 7.67. The van der Waals surface area contributed by atoms with Crippen molar-refractivity contribution in [3.8, 4) is 0 Å². The average molecular weight is 338 g/mol. The summed E-state index contributed by atoms with van der Waals surface area (Å²) < 4.78 is 3.15. The Bertz CT molecular complexity index is 562. The second kappa shape index (κ2) is 6.95. The molecular weight excluding hydrogens is 318 g/mol. The van der Waals surface area contributed by atoms with Crippen LogP contribution in [0, 0.1) is 6.92 Å². The van der Waals surface area contributed by atoms with Gasteiger partial charge in [0.25, 0.3) is 0 Å². The molecule has 108 valence electrons. The average Bonchev–Trinajstić information content (AvgIpc) is 2.77. The summed E-state index contributed by atoms with van der Waals surface area (Å²) in [5.41, 5.74) is 4.18. The van der Waals surface area contributed by atoms with E-state index in [1.54, 1.807) is 6.20 Å². The van der Waals surface area contributed by atoms with Crippen molar-refractivity contribution < 1.29 is 0 Å². The number of nitrogens with one attached hydrogen (secondary N) is 1. The number of aromatic nitrogens is 4. The highest BCUT2D eigenvalue weighted by molar-refractivity contribution is 9.10. The zero-order chi connectivity index (χ0) is 14.5. The minimum absolute atomic E-state index is 0.704. The van der Waals surface area contributed by atoms with Crippen LogP contribution >= 0.6 is 15.9 Å². The predicted octanol–water partition coefficient (Wildman–Crippen LogP) is 2.62. The van der Waals surface area contributed by atoms with E-state index < -0.39 is 0 Å². The molecular formula is C14H20BrN5. The van der Waals surface area contributed by atoms with E-state index >= 15 is 0 Å². The van der Waals surface area contributed by atoms with Crippen LogP contribution < -0.4 is 5.32 Å². The zero-order valence-electron chi connectivity index (χ0n) is 12.1. The number of hydrogen-bond acceptors (Lipinski definition) is 4. The van der Waals surface area contributed by atoms with Crippen molar-refractivity contribution in [2.24, 2.45) is 0 Å². The zero-order valence-corrected chi connectivity index (χ0v) is 13.7. The predicted molar refractivity (Wildman–Crippen MR) is 82.3 cm³/mol. The van der Waals surface area contributed by atoms with Crippen molar-refractivity contribution >= 4 is 15.9 Å². The number of rotatable bonds is 6. The minimum atomic E-state index is 0.704. The lowest BCUT2D eigenvalue weighted by Crippen LogP contribution is -2.17. The molecule has 6 heteroatoms. The highest BCUT2D eigenvalue weighted by atomic mass is 79.9. The van der Waals surface area contributed by atoms with Crippen molar-refractivity contribution in [1.82, 2.24) is 25.1 Å². The van der Waals surface area contributed by atoms with Gasteiger partial charge in [-0.1, -0.05) is 6.92 Å². The summed E-state index contributed by atoms with van der Waals surface area (Å²) in [6.45, 7) is 8.50. The molecule has 0 bridgehead atoms. The van der Waals surface area contributed by atoms with Crippen molar-refractivity contribution in [2.75, 3.05) is 0 Å². The normalized spacial score (nSPS) is 11.0. The summed E-state index contributed by atoms with van der Waals surface area (Å²) in [5.74, 6) is 0. The van der Waals surface area contributed by atoms with Gasteiger partial charge in [-0.3, -0.25) is 14.6 Å². The molecule has 5 nitrogen and oxygen atoms in total. The van der Waals surface area contributed by atoms with E-state index in [9.17, 15) is 0 Å². The summed E-state index contributed by atoms with van der Waals surface area (Å²) in [6.07, 6.45) is 4.54. The third-order valence-electron chi connectivity index (χ3n) is 3.13. The van der Waals surface area contributed by atoms with E-state index in [2.05, 4.69) is 50.2 Å². The Labute approximate surface area is 128 Å². The minimum Gasteiger partial charge on any atom is -0.305 e. The van der Waals surface area contributed by atoms with Crippen LogP contribution in [0.3, 0.4) is 0 Å². The number of nitrogens with zero attached hydrogens (tertiary/aromatic N) is 4. The fraction of sp³-hybridized carbons (Fsp3) is 0.500. The first-order chi connectivity index (χ1) is 9.65. The van der Waals surface area contributed by atoms with Gasteiger partial charge in [0.1, 0.15) is 0 Å². The smallest absolute Gasteiger partial charge is 0.0767 e. The van der Waals surface area contributed by atoms with E-state index in [0.29, 0.717) is 6.54 Å². The van der Waals surface area contributed by atoms with Gasteiger partial charge in [0.2, 0.25) is 0 Å². The first-order valence-electron chi connectivity index (χ1n) is 6.88. The molecule has 0 atom stereocenters. The van der Waals surface area contributed by atoms with E-state index in [1.165, 1.54) is 5.69 Å². The molecule has 0 radical (unpaired) electrons. The van der Waals surface area contributed by atoms with Crippen LogP contribution in [0.15, 0.2) is 16.9 Å². The molecule has 2 heterocycles. The Hall–Kier alpha value is -1.27. The number of hydrogen-bond donors (Lipinski definition) is 1. The van der Waals surface area contributed by atoms with Crippen LogP contribution in [0.2, 0.25) is 0 Å². The van der Waals surface area contributed by atoms with Crippen LogP contribution in [0.5, 0.6) is 0 Å². The molecule has 0 amide bonds. The molecule has 2 aromatic heterocycles. The summed E-state index contributed by atoms with van der Waals surface area (Å²) >= 11 is 3.65. The molecule has 20 heavy (non-hydrogen) atoms. The van der Waals surface area contributed by atoms with Crippen molar-refractivity contribution in [3.63, 3.8) is 0 Å². The summed E-state index contributed by atoms with van der Waals surface area (Å²) in [4.78, 5) is 8.58. The molecule has 0 aromatic carbocycles. The number of aryl methyl sites for hydroxylation is 3. The van der Waals surface area contributed by atoms with Gasteiger partial charge in [0.15, 0.2) is 0 Å². The molecule has 2 aromatic rings. The molecule has 2 rings (SSSR count).